The Labute approximate surface area is 251 Å². The van der Waals surface area contributed by atoms with Crippen LogP contribution in [0.5, 0.6) is 0 Å². The van der Waals surface area contributed by atoms with E-state index in [2.05, 4.69) is 0 Å². The number of nitrogen functional groups attached to an aromatic ring is 4. The summed E-state index contributed by atoms with van der Waals surface area (Å²) >= 11 is 0. The van der Waals surface area contributed by atoms with Crippen LogP contribution in [0.25, 0.3) is 0 Å². The number of nitrogens with two attached hydrogens (primary N) is 4. The van der Waals surface area contributed by atoms with Crippen molar-refractivity contribution in [2.24, 2.45) is 0 Å². The van der Waals surface area contributed by atoms with Gasteiger partial charge in [-0.15, -0.1) is 0 Å². The second-order valence-electron chi connectivity index (χ2n) is 7.50. The van der Waals surface area contributed by atoms with Crippen LogP contribution in [-0.4, -0.2) is 47.8 Å². The monoisotopic (exact) mass is 664 g/mol. The van der Waals surface area contributed by atoms with Crippen molar-refractivity contribution in [3.05, 3.63) is 119 Å². The van der Waals surface area contributed by atoms with E-state index < -0.39 is 23.9 Å². The molecule has 0 bridgehead atoms. The number of benzene rings is 4. The molecular weight excluding hydrogens is 639 g/mol. The number of hydrogen-bond donors (Lipinski definition) is 4. The largest absolute Gasteiger partial charge is 4.00 e. The zero-order chi connectivity index (χ0) is 30.2. The van der Waals surface area contributed by atoms with Gasteiger partial charge < -0.3 is 62.5 Å². The van der Waals surface area contributed by atoms with E-state index in [9.17, 15) is 39.6 Å². The maximum absolute atomic E-state index is 10.2. The molecule has 0 aliphatic carbocycles. The Kier molecular flexibility index (Phi) is 15.8. The smallest absolute Gasteiger partial charge is 0.545 e. The summed E-state index contributed by atoms with van der Waals surface area (Å²) in [6, 6.07) is 24.8. The summed E-state index contributed by atoms with van der Waals surface area (Å²) in [5.41, 5.74) is 22.3. The van der Waals surface area contributed by atoms with E-state index >= 15 is 0 Å². The number of rotatable bonds is 4. The molecule has 8 N–H and O–H groups in total. The van der Waals surface area contributed by atoms with Crippen molar-refractivity contribution >= 4 is 70.5 Å². The van der Waals surface area contributed by atoms with Gasteiger partial charge in [-0.1, -0.05) is 72.8 Å². The number of aromatic carboxylic acids is 4. The Morgan fingerprint density at radius 3 is 0.610 bits per heavy atom. The molecule has 0 aliphatic rings. The molecule has 13 heteroatoms. The first kappa shape index (κ1) is 35.8. The molecule has 0 aliphatic heterocycles. The first-order valence-electron chi connectivity index (χ1n) is 11.1. The van der Waals surface area contributed by atoms with E-state index in [-0.39, 0.29) is 68.9 Å². The fraction of sp³-hybridized carbons (Fsp3) is 0. The van der Waals surface area contributed by atoms with Crippen molar-refractivity contribution in [2.75, 3.05) is 22.9 Å². The van der Waals surface area contributed by atoms with Gasteiger partial charge in [0, 0.05) is 45.0 Å². The van der Waals surface area contributed by atoms with E-state index in [4.69, 9.17) is 22.9 Å². The molecule has 4 aromatic rings. The van der Waals surface area contributed by atoms with Crippen LogP contribution in [0.4, 0.5) is 22.7 Å². The summed E-state index contributed by atoms with van der Waals surface area (Å²) in [7, 11) is 0. The second kappa shape index (κ2) is 18.1. The normalized spacial score (nSPS) is 8.98. The predicted octanol–water partition coefficient (Wildman–Crippen LogP) is -1.85. The van der Waals surface area contributed by atoms with Crippen molar-refractivity contribution < 1.29 is 39.6 Å². The molecule has 0 atom stereocenters. The average Bonchev–Trinajstić information content (AvgIpc) is 2.90. The van der Waals surface area contributed by atoms with Crippen molar-refractivity contribution in [1.29, 1.82) is 0 Å². The second-order valence-corrected chi connectivity index (χ2v) is 7.50. The van der Waals surface area contributed by atoms with Crippen LogP contribution >= 0.6 is 0 Å². The first-order chi connectivity index (χ1) is 18.9. The number of carbonyl (C=O) groups is 4. The van der Waals surface area contributed by atoms with Crippen LogP contribution in [-0.2, 0) is 0 Å². The fourth-order valence-corrected chi connectivity index (χ4v) is 2.73. The first-order valence-corrected chi connectivity index (χ1v) is 11.1. The van der Waals surface area contributed by atoms with E-state index in [0.717, 1.165) is 0 Å². The summed E-state index contributed by atoms with van der Waals surface area (Å²) in [5.74, 6) is -4.95. The van der Waals surface area contributed by atoms with E-state index in [0.29, 0.717) is 0 Å². The summed E-state index contributed by atoms with van der Waals surface area (Å²) < 4.78 is 0. The average molecular weight is 663 g/mol. The summed E-state index contributed by atoms with van der Waals surface area (Å²) in [5, 5.41) is 40.9. The predicted molar refractivity (Wildman–Crippen MR) is 146 cm³/mol. The van der Waals surface area contributed by atoms with Crippen LogP contribution in [0.2, 0.25) is 0 Å². The SMILES string of the molecule is Nc1ccccc1C(=O)[O-].Nc1ccccc1C(=O)[O-].Nc1ccccc1C(=O)[O-].Nc1ccccc1C(=O)[O-].[Sn+4]. The molecule has 0 spiro atoms. The number of hydrogen-bond acceptors (Lipinski definition) is 12. The zero-order valence-electron chi connectivity index (χ0n) is 21.3. The number of anilines is 4. The van der Waals surface area contributed by atoms with Gasteiger partial charge in [0.25, 0.3) is 0 Å². The van der Waals surface area contributed by atoms with Gasteiger partial charge in [-0.3, -0.25) is 0 Å². The molecule has 4 rings (SSSR count). The van der Waals surface area contributed by atoms with Crippen LogP contribution < -0.4 is 43.4 Å². The third-order valence-corrected chi connectivity index (χ3v) is 4.72. The van der Waals surface area contributed by atoms with Gasteiger partial charge >= 0.3 is 23.9 Å². The molecule has 41 heavy (non-hydrogen) atoms. The molecule has 0 radical (unpaired) electrons. The van der Waals surface area contributed by atoms with Crippen molar-refractivity contribution in [1.82, 2.24) is 0 Å². The van der Waals surface area contributed by atoms with Gasteiger partial charge in [0.05, 0.1) is 23.9 Å². The Morgan fingerprint density at radius 1 is 0.366 bits per heavy atom. The summed E-state index contributed by atoms with van der Waals surface area (Å²) in [6.07, 6.45) is 0. The van der Waals surface area contributed by atoms with Crippen molar-refractivity contribution in [3.63, 3.8) is 0 Å². The van der Waals surface area contributed by atoms with Gasteiger partial charge in [0.2, 0.25) is 0 Å². The van der Waals surface area contributed by atoms with Gasteiger partial charge in [-0.05, 0) is 24.3 Å². The Bertz CT molecular complexity index is 1260. The number of para-hydroxylation sites is 4. The van der Waals surface area contributed by atoms with Crippen LogP contribution in [0, 0.1) is 0 Å². The number of carboxylic acid groups (broad SMARTS) is 4. The van der Waals surface area contributed by atoms with E-state index in [1.165, 1.54) is 48.5 Å². The Morgan fingerprint density at radius 2 is 0.512 bits per heavy atom. The molecule has 0 amide bonds. The summed E-state index contributed by atoms with van der Waals surface area (Å²) in [4.78, 5) is 40.9. The molecule has 0 saturated heterocycles. The molecule has 208 valence electrons. The Balaban J connectivity index is 0.000000516. The molecule has 0 aromatic heterocycles. The van der Waals surface area contributed by atoms with Crippen LogP contribution in [0.15, 0.2) is 97.1 Å². The molecule has 0 heterocycles. The fourth-order valence-electron chi connectivity index (χ4n) is 2.73. The molecular formula is C28H24N4O8Sn. The third-order valence-electron chi connectivity index (χ3n) is 4.72. The molecule has 0 fully saturated rings. The molecule has 4 aromatic carbocycles. The van der Waals surface area contributed by atoms with Crippen LogP contribution in [0.1, 0.15) is 41.4 Å². The third kappa shape index (κ3) is 12.4. The van der Waals surface area contributed by atoms with Crippen molar-refractivity contribution in [3.8, 4) is 0 Å². The van der Waals surface area contributed by atoms with E-state index in [1.807, 2.05) is 0 Å². The quantitative estimate of drug-likeness (QED) is 0.139. The number of carboxylic acids is 4. The Hall–Kier alpha value is -5.24. The van der Waals surface area contributed by atoms with Crippen LogP contribution in [0.3, 0.4) is 0 Å². The topological polar surface area (TPSA) is 265 Å². The van der Waals surface area contributed by atoms with Gasteiger partial charge in [0.15, 0.2) is 0 Å². The minimum absolute atomic E-state index is 0. The minimum Gasteiger partial charge on any atom is -0.545 e. The molecule has 0 unspecified atom stereocenters. The minimum atomic E-state index is -1.24. The van der Waals surface area contributed by atoms with Gasteiger partial charge in [-0.25, -0.2) is 0 Å². The maximum Gasteiger partial charge on any atom is 4.00 e. The molecule has 0 saturated carbocycles. The van der Waals surface area contributed by atoms with Gasteiger partial charge in [0.1, 0.15) is 0 Å². The van der Waals surface area contributed by atoms with Crippen molar-refractivity contribution in [2.45, 2.75) is 0 Å². The van der Waals surface area contributed by atoms with Gasteiger partial charge in [-0.2, -0.15) is 0 Å². The maximum atomic E-state index is 10.2. The summed E-state index contributed by atoms with van der Waals surface area (Å²) in [6.45, 7) is 0. The zero-order valence-corrected chi connectivity index (χ0v) is 24.2. The molecule has 12 nitrogen and oxygen atoms in total. The number of carbonyl (C=O) groups excluding carboxylic acids is 4. The standard InChI is InChI=1S/4C7H7NO2.Sn/c4*8-6-4-2-1-3-5(6)7(9)10;/h4*1-4H,8H2,(H,9,10);/q;;;;+4/p-4. The van der Waals surface area contributed by atoms with E-state index in [1.54, 1.807) is 48.5 Å².